The molecule has 3 N–H and O–H groups in total. The number of rotatable bonds is 6. The van der Waals surface area contributed by atoms with Gasteiger partial charge in [-0.15, -0.1) is 0 Å². The number of nitrogens with two attached hydrogens (primary N) is 1. The minimum atomic E-state index is 0.475. The van der Waals surface area contributed by atoms with Crippen LogP contribution in [-0.2, 0) is 6.42 Å². The molecule has 2 aromatic rings. The second-order valence-corrected chi connectivity index (χ2v) is 3.77. The SMILES string of the molecule is CCOc1ccc(Nc2nc(CCN)co2)cc1. The van der Waals surface area contributed by atoms with Gasteiger partial charge in [0.25, 0.3) is 6.01 Å². The minimum Gasteiger partial charge on any atom is -0.494 e. The van der Waals surface area contributed by atoms with Gasteiger partial charge < -0.3 is 20.2 Å². The molecule has 0 atom stereocenters. The third-order valence-electron chi connectivity index (χ3n) is 2.37. The molecule has 2 rings (SSSR count). The maximum Gasteiger partial charge on any atom is 0.299 e. The van der Waals surface area contributed by atoms with Gasteiger partial charge in [-0.2, -0.15) is 4.98 Å². The molecule has 0 aliphatic carbocycles. The van der Waals surface area contributed by atoms with Gasteiger partial charge in [0.05, 0.1) is 12.3 Å². The molecule has 0 saturated heterocycles. The lowest BCUT2D eigenvalue weighted by atomic mass is 10.3. The largest absolute Gasteiger partial charge is 0.494 e. The van der Waals surface area contributed by atoms with Crippen LogP contribution >= 0.6 is 0 Å². The monoisotopic (exact) mass is 247 g/mol. The number of oxazole rings is 1. The summed E-state index contributed by atoms with van der Waals surface area (Å²) in [6.07, 6.45) is 2.33. The summed E-state index contributed by atoms with van der Waals surface area (Å²) in [5.41, 5.74) is 7.21. The van der Waals surface area contributed by atoms with Crippen LogP contribution in [0.15, 0.2) is 34.9 Å². The third kappa shape index (κ3) is 3.24. The molecule has 0 amide bonds. The fourth-order valence-corrected chi connectivity index (χ4v) is 1.55. The van der Waals surface area contributed by atoms with Crippen molar-refractivity contribution in [1.29, 1.82) is 0 Å². The van der Waals surface area contributed by atoms with E-state index in [-0.39, 0.29) is 0 Å². The quantitative estimate of drug-likeness (QED) is 0.819. The molecular formula is C13H17N3O2. The average Bonchev–Trinajstić information content (AvgIpc) is 2.80. The fraction of sp³-hybridized carbons (Fsp3) is 0.308. The van der Waals surface area contributed by atoms with E-state index >= 15 is 0 Å². The Balaban J connectivity index is 1.99. The molecule has 0 spiro atoms. The topological polar surface area (TPSA) is 73.3 Å². The van der Waals surface area contributed by atoms with Gasteiger partial charge in [0, 0.05) is 12.1 Å². The number of hydrogen-bond donors (Lipinski definition) is 2. The lowest BCUT2D eigenvalue weighted by molar-refractivity contribution is 0.340. The molecule has 0 unspecified atom stereocenters. The molecule has 18 heavy (non-hydrogen) atoms. The summed E-state index contributed by atoms with van der Waals surface area (Å²) < 4.78 is 10.7. The first-order valence-corrected chi connectivity index (χ1v) is 5.96. The van der Waals surface area contributed by atoms with Gasteiger partial charge in [-0.05, 0) is 37.7 Å². The van der Waals surface area contributed by atoms with Crippen molar-refractivity contribution in [3.05, 3.63) is 36.2 Å². The predicted octanol–water partition coefficient (Wildman–Crippen LogP) is 2.32. The summed E-state index contributed by atoms with van der Waals surface area (Å²) in [7, 11) is 0. The molecule has 0 saturated carbocycles. The molecular weight excluding hydrogens is 230 g/mol. The molecule has 0 aliphatic heterocycles. The number of anilines is 2. The van der Waals surface area contributed by atoms with Gasteiger partial charge in [-0.1, -0.05) is 0 Å². The summed E-state index contributed by atoms with van der Waals surface area (Å²) >= 11 is 0. The number of ether oxygens (including phenoxy) is 1. The van der Waals surface area contributed by atoms with Crippen molar-refractivity contribution in [2.75, 3.05) is 18.5 Å². The highest BCUT2D eigenvalue weighted by Gasteiger charge is 2.03. The first kappa shape index (κ1) is 12.4. The van der Waals surface area contributed by atoms with Gasteiger partial charge in [-0.3, -0.25) is 0 Å². The number of benzene rings is 1. The van der Waals surface area contributed by atoms with E-state index in [2.05, 4.69) is 10.3 Å². The highest BCUT2D eigenvalue weighted by atomic mass is 16.5. The molecule has 0 radical (unpaired) electrons. The van der Waals surface area contributed by atoms with Crippen molar-refractivity contribution in [2.24, 2.45) is 5.73 Å². The molecule has 0 bridgehead atoms. The van der Waals surface area contributed by atoms with Crippen LogP contribution < -0.4 is 15.8 Å². The Morgan fingerprint density at radius 1 is 1.33 bits per heavy atom. The van der Waals surface area contributed by atoms with Crippen LogP contribution in [0.5, 0.6) is 5.75 Å². The van der Waals surface area contributed by atoms with Gasteiger partial charge in [0.1, 0.15) is 12.0 Å². The van der Waals surface area contributed by atoms with Crippen LogP contribution in [0.3, 0.4) is 0 Å². The van der Waals surface area contributed by atoms with Crippen LogP contribution in [0.1, 0.15) is 12.6 Å². The lowest BCUT2D eigenvalue weighted by Crippen LogP contribution is -2.02. The van der Waals surface area contributed by atoms with E-state index in [4.69, 9.17) is 14.9 Å². The van der Waals surface area contributed by atoms with E-state index in [1.807, 2.05) is 31.2 Å². The van der Waals surface area contributed by atoms with Crippen LogP contribution in [0.2, 0.25) is 0 Å². The second kappa shape index (κ2) is 6.07. The predicted molar refractivity (Wildman–Crippen MR) is 70.2 cm³/mol. The van der Waals surface area contributed by atoms with E-state index in [9.17, 15) is 0 Å². The standard InChI is InChI=1S/C13H17N3O2/c1-2-17-12-5-3-10(4-6-12)15-13-16-11(7-8-14)9-18-13/h3-6,9H,2,7-8,14H2,1H3,(H,15,16). The fourth-order valence-electron chi connectivity index (χ4n) is 1.55. The van der Waals surface area contributed by atoms with Gasteiger partial charge in [0.2, 0.25) is 0 Å². The van der Waals surface area contributed by atoms with Crippen molar-refractivity contribution in [3.63, 3.8) is 0 Å². The lowest BCUT2D eigenvalue weighted by Gasteiger charge is -2.04. The average molecular weight is 247 g/mol. The highest BCUT2D eigenvalue weighted by molar-refractivity contribution is 5.53. The van der Waals surface area contributed by atoms with Crippen molar-refractivity contribution < 1.29 is 9.15 Å². The maximum absolute atomic E-state index is 5.45. The third-order valence-corrected chi connectivity index (χ3v) is 2.37. The van der Waals surface area contributed by atoms with Crippen molar-refractivity contribution in [2.45, 2.75) is 13.3 Å². The van der Waals surface area contributed by atoms with E-state index in [1.165, 1.54) is 0 Å². The summed E-state index contributed by atoms with van der Waals surface area (Å²) in [5, 5.41) is 3.08. The van der Waals surface area contributed by atoms with E-state index < -0.39 is 0 Å². The molecule has 1 aromatic heterocycles. The van der Waals surface area contributed by atoms with Gasteiger partial charge in [-0.25, -0.2) is 0 Å². The molecule has 5 heteroatoms. The van der Waals surface area contributed by atoms with E-state index in [1.54, 1.807) is 6.26 Å². The summed E-state index contributed by atoms with van der Waals surface area (Å²) in [5.74, 6) is 0.847. The summed E-state index contributed by atoms with van der Waals surface area (Å²) in [6.45, 7) is 3.18. The zero-order chi connectivity index (χ0) is 12.8. The van der Waals surface area contributed by atoms with Gasteiger partial charge in [0.15, 0.2) is 0 Å². The van der Waals surface area contributed by atoms with E-state index in [0.29, 0.717) is 25.6 Å². The van der Waals surface area contributed by atoms with E-state index in [0.717, 1.165) is 17.1 Å². The Morgan fingerprint density at radius 3 is 2.78 bits per heavy atom. The zero-order valence-electron chi connectivity index (χ0n) is 10.3. The van der Waals surface area contributed by atoms with Crippen molar-refractivity contribution in [1.82, 2.24) is 4.98 Å². The Bertz CT molecular complexity index is 479. The van der Waals surface area contributed by atoms with Crippen LogP contribution in [0.25, 0.3) is 0 Å². The van der Waals surface area contributed by atoms with Crippen molar-refractivity contribution in [3.8, 4) is 5.75 Å². The van der Waals surface area contributed by atoms with Gasteiger partial charge >= 0.3 is 0 Å². The van der Waals surface area contributed by atoms with Crippen LogP contribution in [0.4, 0.5) is 11.7 Å². The first-order valence-electron chi connectivity index (χ1n) is 5.96. The number of nitrogens with zero attached hydrogens (tertiary/aromatic N) is 1. The Kier molecular flexibility index (Phi) is 4.20. The normalized spacial score (nSPS) is 10.3. The Morgan fingerprint density at radius 2 is 2.11 bits per heavy atom. The highest BCUT2D eigenvalue weighted by Crippen LogP contribution is 2.19. The molecule has 5 nitrogen and oxygen atoms in total. The number of aromatic nitrogens is 1. The molecule has 96 valence electrons. The second-order valence-electron chi connectivity index (χ2n) is 3.77. The maximum atomic E-state index is 5.45. The molecule has 0 fully saturated rings. The van der Waals surface area contributed by atoms with Crippen LogP contribution in [-0.4, -0.2) is 18.1 Å². The van der Waals surface area contributed by atoms with Crippen molar-refractivity contribution >= 4 is 11.7 Å². The Hall–Kier alpha value is -2.01. The summed E-state index contributed by atoms with van der Waals surface area (Å²) in [4.78, 5) is 4.27. The summed E-state index contributed by atoms with van der Waals surface area (Å²) in [6, 6.07) is 8.10. The minimum absolute atomic E-state index is 0.475. The molecule has 1 aromatic carbocycles. The molecule has 1 heterocycles. The van der Waals surface area contributed by atoms with Crippen LogP contribution in [0, 0.1) is 0 Å². The number of nitrogens with one attached hydrogen (secondary N) is 1. The first-order chi connectivity index (χ1) is 8.81. The smallest absolute Gasteiger partial charge is 0.299 e. The Labute approximate surface area is 106 Å². The molecule has 0 aliphatic rings. The number of hydrogen-bond acceptors (Lipinski definition) is 5. The zero-order valence-corrected chi connectivity index (χ0v) is 10.3.